The Morgan fingerprint density at radius 1 is 1.14 bits per heavy atom. The molecule has 1 N–H and O–H groups in total. The zero-order valence-electron chi connectivity index (χ0n) is 12.4. The summed E-state index contributed by atoms with van der Waals surface area (Å²) in [5, 5.41) is 3.62. The summed E-state index contributed by atoms with van der Waals surface area (Å²) < 4.78 is 6.60. The fourth-order valence-electron chi connectivity index (χ4n) is 2.95. The van der Waals surface area contributed by atoms with Crippen LogP contribution in [0, 0.1) is 6.92 Å². The van der Waals surface area contributed by atoms with E-state index in [1.165, 1.54) is 16.8 Å². The zero-order chi connectivity index (χ0) is 14.8. The molecule has 110 valence electrons. The molecule has 0 unspecified atom stereocenters. The van der Waals surface area contributed by atoms with E-state index in [0.29, 0.717) is 12.0 Å². The number of para-hydroxylation sites is 1. The number of benzene rings is 2. The smallest absolute Gasteiger partial charge is 0.122 e. The van der Waals surface area contributed by atoms with E-state index < -0.39 is 0 Å². The van der Waals surface area contributed by atoms with Gasteiger partial charge in [-0.05, 0) is 70.9 Å². The topological polar surface area (TPSA) is 21.3 Å². The second kappa shape index (κ2) is 6.10. The summed E-state index contributed by atoms with van der Waals surface area (Å²) >= 11 is 3.63. The Bertz CT molecular complexity index is 635. The van der Waals surface area contributed by atoms with Crippen molar-refractivity contribution in [3.63, 3.8) is 0 Å². The molecule has 0 aromatic heterocycles. The molecule has 0 atom stereocenters. The van der Waals surface area contributed by atoms with Gasteiger partial charge in [0.25, 0.3) is 0 Å². The molecule has 0 saturated heterocycles. The third-order valence-corrected chi connectivity index (χ3v) is 4.86. The first-order valence-corrected chi connectivity index (χ1v) is 8.12. The van der Waals surface area contributed by atoms with Crippen LogP contribution in [0.15, 0.2) is 46.9 Å². The van der Waals surface area contributed by atoms with Gasteiger partial charge in [0.05, 0.1) is 7.11 Å². The van der Waals surface area contributed by atoms with Crippen molar-refractivity contribution in [1.29, 1.82) is 0 Å². The summed E-state index contributed by atoms with van der Waals surface area (Å²) in [5.74, 6) is 1.61. The van der Waals surface area contributed by atoms with Crippen LogP contribution in [-0.4, -0.2) is 13.2 Å². The second-order valence-corrected chi connectivity index (χ2v) is 6.59. The highest BCUT2D eigenvalue weighted by atomic mass is 79.9. The number of halogens is 1. The summed E-state index contributed by atoms with van der Waals surface area (Å²) in [6.07, 6.45) is 2.31. The molecule has 1 aliphatic rings. The standard InChI is InChI=1S/C18H20BrNO/c1-12-7-8-17(16(19)9-12)20-14-10-13(11-14)15-5-3-4-6-18(15)21-2/h3-9,13-14,20H,10-11H2,1-2H3. The molecule has 3 heteroatoms. The van der Waals surface area contributed by atoms with Crippen LogP contribution < -0.4 is 10.1 Å². The molecule has 1 saturated carbocycles. The average Bonchev–Trinajstić information content (AvgIpc) is 2.44. The SMILES string of the molecule is COc1ccccc1C1CC(Nc2ccc(C)cc2Br)C1. The van der Waals surface area contributed by atoms with E-state index in [1.54, 1.807) is 7.11 Å². The van der Waals surface area contributed by atoms with Gasteiger partial charge in [0.15, 0.2) is 0 Å². The molecule has 0 bridgehead atoms. The zero-order valence-corrected chi connectivity index (χ0v) is 14.0. The highest BCUT2D eigenvalue weighted by molar-refractivity contribution is 9.10. The van der Waals surface area contributed by atoms with Gasteiger partial charge in [0.2, 0.25) is 0 Å². The predicted molar refractivity (Wildman–Crippen MR) is 91.3 cm³/mol. The van der Waals surface area contributed by atoms with Crippen LogP contribution >= 0.6 is 15.9 Å². The lowest BCUT2D eigenvalue weighted by Crippen LogP contribution is -2.34. The van der Waals surface area contributed by atoms with E-state index in [0.717, 1.165) is 23.1 Å². The van der Waals surface area contributed by atoms with Gasteiger partial charge in [0.1, 0.15) is 5.75 Å². The van der Waals surface area contributed by atoms with Crippen LogP contribution in [0.1, 0.15) is 29.9 Å². The molecule has 0 heterocycles. The number of nitrogens with one attached hydrogen (secondary N) is 1. The number of aryl methyl sites for hydroxylation is 1. The van der Waals surface area contributed by atoms with Gasteiger partial charge in [-0.1, -0.05) is 24.3 Å². The van der Waals surface area contributed by atoms with Crippen molar-refractivity contribution in [3.05, 3.63) is 58.1 Å². The first-order chi connectivity index (χ1) is 10.2. The Labute approximate surface area is 134 Å². The lowest BCUT2D eigenvalue weighted by Gasteiger charge is -2.37. The molecule has 0 radical (unpaired) electrons. The molecular weight excluding hydrogens is 326 g/mol. The third kappa shape index (κ3) is 3.08. The highest BCUT2D eigenvalue weighted by Gasteiger charge is 2.32. The molecule has 3 rings (SSSR count). The minimum Gasteiger partial charge on any atom is -0.496 e. The van der Waals surface area contributed by atoms with E-state index in [9.17, 15) is 0 Å². The average molecular weight is 346 g/mol. The summed E-state index contributed by atoms with van der Waals surface area (Å²) in [4.78, 5) is 0. The summed E-state index contributed by atoms with van der Waals surface area (Å²) in [7, 11) is 1.75. The van der Waals surface area contributed by atoms with Crippen molar-refractivity contribution in [2.24, 2.45) is 0 Å². The van der Waals surface area contributed by atoms with E-state index in [-0.39, 0.29) is 0 Å². The van der Waals surface area contributed by atoms with Crippen molar-refractivity contribution in [1.82, 2.24) is 0 Å². The van der Waals surface area contributed by atoms with Gasteiger partial charge >= 0.3 is 0 Å². The highest BCUT2D eigenvalue weighted by Crippen LogP contribution is 2.42. The van der Waals surface area contributed by atoms with E-state index in [1.807, 2.05) is 12.1 Å². The number of hydrogen-bond acceptors (Lipinski definition) is 2. The van der Waals surface area contributed by atoms with Crippen LogP contribution in [0.2, 0.25) is 0 Å². The van der Waals surface area contributed by atoms with Gasteiger partial charge in [0, 0.05) is 16.2 Å². The molecule has 2 aromatic rings. The molecule has 1 aliphatic carbocycles. The first kappa shape index (κ1) is 14.5. The Balaban J connectivity index is 1.63. The van der Waals surface area contributed by atoms with Crippen molar-refractivity contribution in [2.45, 2.75) is 31.7 Å². The van der Waals surface area contributed by atoms with Crippen LogP contribution in [0.25, 0.3) is 0 Å². The van der Waals surface area contributed by atoms with E-state index >= 15 is 0 Å². The summed E-state index contributed by atoms with van der Waals surface area (Å²) in [6, 6.07) is 15.3. The van der Waals surface area contributed by atoms with Gasteiger partial charge in [-0.25, -0.2) is 0 Å². The maximum absolute atomic E-state index is 5.46. The predicted octanol–water partition coefficient (Wildman–Crippen LogP) is 5.12. The Kier molecular flexibility index (Phi) is 4.20. The summed E-state index contributed by atoms with van der Waals surface area (Å²) in [6.45, 7) is 2.11. The number of rotatable bonds is 4. The number of anilines is 1. The molecule has 21 heavy (non-hydrogen) atoms. The lowest BCUT2D eigenvalue weighted by molar-refractivity contribution is 0.349. The lowest BCUT2D eigenvalue weighted by atomic mass is 9.75. The summed E-state index contributed by atoms with van der Waals surface area (Å²) in [5.41, 5.74) is 3.79. The largest absolute Gasteiger partial charge is 0.496 e. The second-order valence-electron chi connectivity index (χ2n) is 5.73. The molecule has 0 spiro atoms. The Hall–Kier alpha value is -1.48. The third-order valence-electron chi connectivity index (χ3n) is 4.20. The van der Waals surface area contributed by atoms with Crippen LogP contribution in [0.4, 0.5) is 5.69 Å². The molecule has 0 aliphatic heterocycles. The van der Waals surface area contributed by atoms with Crippen molar-refractivity contribution in [2.75, 3.05) is 12.4 Å². The van der Waals surface area contributed by atoms with Crippen LogP contribution in [0.3, 0.4) is 0 Å². The van der Waals surface area contributed by atoms with Crippen molar-refractivity contribution >= 4 is 21.6 Å². The van der Waals surface area contributed by atoms with Gasteiger partial charge < -0.3 is 10.1 Å². The van der Waals surface area contributed by atoms with Crippen molar-refractivity contribution < 1.29 is 4.74 Å². The Morgan fingerprint density at radius 2 is 1.90 bits per heavy atom. The Morgan fingerprint density at radius 3 is 2.62 bits per heavy atom. The van der Waals surface area contributed by atoms with Gasteiger partial charge in [-0.2, -0.15) is 0 Å². The van der Waals surface area contributed by atoms with Crippen LogP contribution in [0.5, 0.6) is 5.75 Å². The van der Waals surface area contributed by atoms with Crippen LogP contribution in [-0.2, 0) is 0 Å². The molecular formula is C18H20BrNO. The quantitative estimate of drug-likeness (QED) is 0.829. The normalized spacial score (nSPS) is 20.7. The maximum Gasteiger partial charge on any atom is 0.122 e. The fourth-order valence-corrected chi connectivity index (χ4v) is 3.56. The minimum absolute atomic E-state index is 0.541. The number of methoxy groups -OCH3 is 1. The molecule has 2 nitrogen and oxygen atoms in total. The van der Waals surface area contributed by atoms with E-state index in [2.05, 4.69) is 58.5 Å². The number of ether oxygens (including phenoxy) is 1. The van der Waals surface area contributed by atoms with E-state index in [4.69, 9.17) is 4.74 Å². The first-order valence-electron chi connectivity index (χ1n) is 7.33. The van der Waals surface area contributed by atoms with Gasteiger partial charge in [-0.15, -0.1) is 0 Å². The number of hydrogen-bond donors (Lipinski definition) is 1. The monoisotopic (exact) mass is 345 g/mol. The maximum atomic E-state index is 5.46. The van der Waals surface area contributed by atoms with Crippen molar-refractivity contribution in [3.8, 4) is 5.75 Å². The minimum atomic E-state index is 0.541. The molecule has 0 amide bonds. The molecule has 2 aromatic carbocycles. The fraction of sp³-hybridized carbons (Fsp3) is 0.333. The molecule has 1 fully saturated rings. The van der Waals surface area contributed by atoms with Gasteiger partial charge in [-0.3, -0.25) is 0 Å².